The summed E-state index contributed by atoms with van der Waals surface area (Å²) < 4.78 is 3.07. The average Bonchev–Trinajstić information content (AvgIpc) is 2.88. The molecule has 6 heteroatoms. The third-order valence-electron chi connectivity index (χ3n) is 3.32. The normalized spacial score (nSPS) is 17.7. The lowest BCUT2D eigenvalue weighted by molar-refractivity contribution is 0.418. The molecule has 0 bridgehead atoms. The number of rotatable bonds is 2. The van der Waals surface area contributed by atoms with Crippen molar-refractivity contribution in [2.45, 2.75) is 24.6 Å². The van der Waals surface area contributed by atoms with Crippen LogP contribution in [0, 0.1) is 0 Å². The van der Waals surface area contributed by atoms with Crippen molar-refractivity contribution in [3.63, 3.8) is 0 Å². The van der Waals surface area contributed by atoms with E-state index in [0.29, 0.717) is 17.3 Å². The quantitative estimate of drug-likeness (QED) is 0.927. The average molecular weight is 297 g/mol. The number of halogens is 1. The molecule has 1 aliphatic rings. The van der Waals surface area contributed by atoms with Gasteiger partial charge >= 0.3 is 5.69 Å². The van der Waals surface area contributed by atoms with Gasteiger partial charge in [-0.3, -0.25) is 9.13 Å². The van der Waals surface area contributed by atoms with Crippen LogP contribution in [0.1, 0.15) is 23.6 Å². The first-order valence-electron chi connectivity index (χ1n) is 5.97. The van der Waals surface area contributed by atoms with Crippen molar-refractivity contribution in [1.29, 1.82) is 0 Å². The summed E-state index contributed by atoms with van der Waals surface area (Å²) in [5.41, 5.74) is 1.50. The molecule has 1 atom stereocenters. The lowest BCUT2D eigenvalue weighted by atomic mass is 10.2. The summed E-state index contributed by atoms with van der Waals surface area (Å²) in [6.45, 7) is 2.33. The van der Waals surface area contributed by atoms with E-state index >= 15 is 0 Å². The van der Waals surface area contributed by atoms with Crippen molar-refractivity contribution < 1.29 is 5.11 Å². The Hall–Kier alpha value is -1.33. The smallest absolute Gasteiger partial charge is 0.332 e. The molecule has 19 heavy (non-hydrogen) atoms. The SMILES string of the molecule is CC1SCc2c(O)n(Cc3ccc(Cl)cc3)c(=O)n21. The van der Waals surface area contributed by atoms with Crippen molar-refractivity contribution in [3.05, 3.63) is 51.0 Å². The molecule has 0 radical (unpaired) electrons. The molecule has 3 rings (SSSR count). The summed E-state index contributed by atoms with van der Waals surface area (Å²) in [7, 11) is 0. The maximum Gasteiger partial charge on any atom is 0.332 e. The molecule has 1 aromatic carbocycles. The van der Waals surface area contributed by atoms with Crippen LogP contribution in [0.2, 0.25) is 5.02 Å². The van der Waals surface area contributed by atoms with Crippen molar-refractivity contribution in [2.24, 2.45) is 0 Å². The van der Waals surface area contributed by atoms with Gasteiger partial charge in [0.1, 0.15) is 0 Å². The summed E-state index contributed by atoms with van der Waals surface area (Å²) in [6.07, 6.45) is 0. The zero-order valence-electron chi connectivity index (χ0n) is 10.3. The molecule has 0 spiro atoms. The maximum atomic E-state index is 12.3. The monoisotopic (exact) mass is 296 g/mol. The van der Waals surface area contributed by atoms with Gasteiger partial charge in [-0.05, 0) is 24.6 Å². The third kappa shape index (κ3) is 2.07. The molecule has 0 amide bonds. The Morgan fingerprint density at radius 1 is 1.42 bits per heavy atom. The summed E-state index contributed by atoms with van der Waals surface area (Å²) in [5.74, 6) is 0.757. The van der Waals surface area contributed by atoms with Crippen LogP contribution in [0.25, 0.3) is 0 Å². The second kappa shape index (κ2) is 4.65. The molecule has 4 nitrogen and oxygen atoms in total. The first kappa shape index (κ1) is 12.7. The van der Waals surface area contributed by atoms with E-state index in [9.17, 15) is 9.90 Å². The predicted octanol–water partition coefficient (Wildman–Crippen LogP) is 2.82. The largest absolute Gasteiger partial charge is 0.493 e. The lowest BCUT2D eigenvalue weighted by Crippen LogP contribution is -2.25. The van der Waals surface area contributed by atoms with Crippen molar-refractivity contribution in [2.75, 3.05) is 0 Å². The number of hydrogen-bond donors (Lipinski definition) is 1. The fourth-order valence-electron chi connectivity index (χ4n) is 2.30. The maximum absolute atomic E-state index is 12.3. The van der Waals surface area contributed by atoms with Crippen molar-refractivity contribution in [1.82, 2.24) is 9.13 Å². The zero-order valence-corrected chi connectivity index (χ0v) is 11.9. The summed E-state index contributed by atoms with van der Waals surface area (Å²) in [6, 6.07) is 7.27. The minimum absolute atomic E-state index is 0.0804. The number of fused-ring (bicyclic) bond motifs is 1. The molecular weight excluding hydrogens is 284 g/mol. The Morgan fingerprint density at radius 2 is 2.11 bits per heavy atom. The fraction of sp³-hybridized carbons (Fsp3) is 0.308. The molecule has 1 N–H and O–H groups in total. The van der Waals surface area contributed by atoms with E-state index in [2.05, 4.69) is 0 Å². The van der Waals surface area contributed by atoms with E-state index in [1.165, 1.54) is 4.57 Å². The van der Waals surface area contributed by atoms with Crippen LogP contribution in [0.5, 0.6) is 5.88 Å². The lowest BCUT2D eigenvalue weighted by Gasteiger charge is -2.06. The topological polar surface area (TPSA) is 47.2 Å². The van der Waals surface area contributed by atoms with Gasteiger partial charge in [0.05, 0.1) is 17.6 Å². The predicted molar refractivity (Wildman–Crippen MR) is 76.9 cm³/mol. The van der Waals surface area contributed by atoms with E-state index in [-0.39, 0.29) is 16.9 Å². The van der Waals surface area contributed by atoms with E-state index < -0.39 is 0 Å². The molecule has 0 fully saturated rings. The van der Waals surface area contributed by atoms with Gasteiger partial charge in [0.2, 0.25) is 5.88 Å². The third-order valence-corrected chi connectivity index (χ3v) is 4.71. The first-order valence-corrected chi connectivity index (χ1v) is 7.39. The highest BCUT2D eigenvalue weighted by atomic mass is 35.5. The van der Waals surface area contributed by atoms with E-state index in [4.69, 9.17) is 11.6 Å². The second-order valence-corrected chi connectivity index (χ2v) is 6.29. The highest BCUT2D eigenvalue weighted by molar-refractivity contribution is 7.98. The molecule has 0 saturated carbocycles. The minimum Gasteiger partial charge on any atom is -0.493 e. The van der Waals surface area contributed by atoms with Crippen molar-refractivity contribution in [3.8, 4) is 5.88 Å². The highest BCUT2D eigenvalue weighted by Gasteiger charge is 2.28. The van der Waals surface area contributed by atoms with Gasteiger partial charge in [0.15, 0.2) is 0 Å². The van der Waals surface area contributed by atoms with Gasteiger partial charge in [0, 0.05) is 10.8 Å². The number of benzene rings is 1. The Labute approximate surface area is 119 Å². The van der Waals surface area contributed by atoms with Gasteiger partial charge in [-0.1, -0.05) is 23.7 Å². The number of nitrogens with zero attached hydrogens (tertiary/aromatic N) is 2. The van der Waals surface area contributed by atoms with Crippen LogP contribution < -0.4 is 5.69 Å². The van der Waals surface area contributed by atoms with Gasteiger partial charge in [-0.2, -0.15) is 0 Å². The van der Waals surface area contributed by atoms with Gasteiger partial charge in [0.25, 0.3) is 0 Å². The Balaban J connectivity index is 2.01. The summed E-state index contributed by atoms with van der Waals surface area (Å²) >= 11 is 7.48. The van der Waals surface area contributed by atoms with Gasteiger partial charge in [-0.15, -0.1) is 11.8 Å². The molecule has 1 aliphatic heterocycles. The summed E-state index contributed by atoms with van der Waals surface area (Å²) in [4.78, 5) is 12.3. The first-order chi connectivity index (χ1) is 9.08. The van der Waals surface area contributed by atoms with E-state index in [1.807, 2.05) is 19.1 Å². The molecule has 0 aliphatic carbocycles. The number of imidazole rings is 1. The van der Waals surface area contributed by atoms with Crippen LogP contribution in [-0.2, 0) is 12.3 Å². The number of aromatic hydroxyl groups is 1. The Bertz CT molecular complexity index is 675. The summed E-state index contributed by atoms with van der Waals surface area (Å²) in [5, 5.41) is 10.9. The second-order valence-electron chi connectivity index (χ2n) is 4.55. The standard InChI is InChI=1S/C13H13ClN2O2S/c1-8-16-11(7-19-8)12(17)15(13(16)18)6-9-2-4-10(14)5-3-9/h2-5,8,17H,6-7H2,1H3. The number of aromatic nitrogens is 2. The minimum atomic E-state index is -0.153. The molecule has 1 aromatic heterocycles. The van der Waals surface area contributed by atoms with E-state index in [0.717, 1.165) is 11.3 Å². The highest BCUT2D eigenvalue weighted by Crippen LogP contribution is 2.37. The van der Waals surface area contributed by atoms with Gasteiger partial charge < -0.3 is 5.11 Å². The molecule has 0 saturated heterocycles. The van der Waals surface area contributed by atoms with E-state index in [1.54, 1.807) is 28.5 Å². The molecule has 100 valence electrons. The number of thioether (sulfide) groups is 1. The molecule has 1 unspecified atom stereocenters. The van der Waals surface area contributed by atoms with Gasteiger partial charge in [-0.25, -0.2) is 4.79 Å². The van der Waals surface area contributed by atoms with Crippen LogP contribution in [0.3, 0.4) is 0 Å². The molecule has 2 aromatic rings. The van der Waals surface area contributed by atoms with Crippen molar-refractivity contribution >= 4 is 23.4 Å². The van der Waals surface area contributed by atoms with Crippen LogP contribution >= 0.6 is 23.4 Å². The molecular formula is C13H13ClN2O2S. The van der Waals surface area contributed by atoms with Crippen LogP contribution in [0.15, 0.2) is 29.1 Å². The number of hydrogen-bond acceptors (Lipinski definition) is 3. The fourth-order valence-corrected chi connectivity index (χ4v) is 3.46. The molecule has 2 heterocycles. The zero-order chi connectivity index (χ0) is 13.6. The van der Waals surface area contributed by atoms with Crippen LogP contribution in [-0.4, -0.2) is 14.2 Å². The Morgan fingerprint density at radius 3 is 2.74 bits per heavy atom. The Kier molecular flexibility index (Phi) is 3.11. The van der Waals surface area contributed by atoms with Crippen LogP contribution in [0.4, 0.5) is 0 Å².